The highest BCUT2D eigenvalue weighted by Gasteiger charge is 2.23. The largest absolute Gasteiger partial charge is 0.490 e. The molecule has 0 saturated carbocycles. The Labute approximate surface area is 126 Å². The molecule has 0 unspecified atom stereocenters. The molecule has 3 rings (SSSR count). The van der Waals surface area contributed by atoms with Crippen LogP contribution in [-0.4, -0.2) is 19.1 Å². The van der Waals surface area contributed by atoms with Gasteiger partial charge < -0.3 is 9.64 Å². The van der Waals surface area contributed by atoms with Crippen molar-refractivity contribution in [3.8, 4) is 5.75 Å². The maximum Gasteiger partial charge on any atom is 0.231 e. The highest BCUT2D eigenvalue weighted by molar-refractivity contribution is 9.10. The molecule has 0 radical (unpaired) electrons. The molecule has 0 spiro atoms. The number of hydrogen-bond donors (Lipinski definition) is 0. The molecule has 0 saturated heterocycles. The molecule has 102 valence electrons. The van der Waals surface area contributed by atoms with Gasteiger partial charge in [-0.15, -0.1) is 0 Å². The van der Waals surface area contributed by atoms with E-state index in [0.717, 1.165) is 21.5 Å². The molecule has 0 atom stereocenters. The summed E-state index contributed by atoms with van der Waals surface area (Å²) in [7, 11) is 0. The van der Waals surface area contributed by atoms with Gasteiger partial charge in [0.2, 0.25) is 5.91 Å². The third-order valence-electron chi connectivity index (χ3n) is 3.28. The molecule has 3 nitrogen and oxygen atoms in total. The Morgan fingerprint density at radius 1 is 1.20 bits per heavy atom. The minimum atomic E-state index is 0.0962. The van der Waals surface area contributed by atoms with Crippen molar-refractivity contribution < 1.29 is 9.53 Å². The molecule has 1 heterocycles. The van der Waals surface area contributed by atoms with Crippen LogP contribution < -0.4 is 9.64 Å². The average Bonchev–Trinajstić information content (AvgIpc) is 2.47. The summed E-state index contributed by atoms with van der Waals surface area (Å²) in [5, 5.41) is 0. The highest BCUT2D eigenvalue weighted by Crippen LogP contribution is 2.34. The molecule has 0 N–H and O–H groups in total. The smallest absolute Gasteiger partial charge is 0.231 e. The zero-order valence-corrected chi connectivity index (χ0v) is 12.5. The van der Waals surface area contributed by atoms with Crippen LogP contribution in [0.25, 0.3) is 0 Å². The molecule has 1 amide bonds. The van der Waals surface area contributed by atoms with Crippen LogP contribution in [0.3, 0.4) is 0 Å². The van der Waals surface area contributed by atoms with Crippen LogP contribution in [-0.2, 0) is 11.2 Å². The number of fused-ring (bicyclic) bond motifs is 1. The molecule has 2 aromatic rings. The van der Waals surface area contributed by atoms with Crippen molar-refractivity contribution in [1.29, 1.82) is 0 Å². The van der Waals surface area contributed by atoms with Crippen LogP contribution in [0.5, 0.6) is 5.75 Å². The van der Waals surface area contributed by atoms with E-state index in [1.165, 1.54) is 0 Å². The normalized spacial score (nSPS) is 13.6. The number of ether oxygens (including phenoxy) is 1. The van der Waals surface area contributed by atoms with Gasteiger partial charge in [0, 0.05) is 4.47 Å². The first kappa shape index (κ1) is 13.2. The molecular formula is C16H14BrNO2. The second-order valence-electron chi connectivity index (χ2n) is 4.67. The van der Waals surface area contributed by atoms with E-state index >= 15 is 0 Å². The first-order chi connectivity index (χ1) is 9.74. The number of carbonyl (C=O) groups excluding carboxylic acids is 1. The molecular weight excluding hydrogens is 318 g/mol. The van der Waals surface area contributed by atoms with Gasteiger partial charge in [0.15, 0.2) is 0 Å². The highest BCUT2D eigenvalue weighted by atomic mass is 79.9. The number of amides is 1. The Bertz CT molecular complexity index is 628. The molecule has 1 aliphatic rings. The summed E-state index contributed by atoms with van der Waals surface area (Å²) in [5.41, 5.74) is 1.87. The zero-order valence-electron chi connectivity index (χ0n) is 10.9. The van der Waals surface area contributed by atoms with Crippen LogP contribution in [0.2, 0.25) is 0 Å². The zero-order chi connectivity index (χ0) is 13.9. The lowest BCUT2D eigenvalue weighted by molar-refractivity contribution is -0.118. The Hall–Kier alpha value is -1.81. The van der Waals surface area contributed by atoms with Crippen molar-refractivity contribution in [3.05, 3.63) is 58.6 Å². The van der Waals surface area contributed by atoms with Gasteiger partial charge in [0.25, 0.3) is 0 Å². The van der Waals surface area contributed by atoms with Crippen molar-refractivity contribution in [2.75, 3.05) is 18.1 Å². The first-order valence-electron chi connectivity index (χ1n) is 6.51. The van der Waals surface area contributed by atoms with E-state index in [0.29, 0.717) is 19.6 Å². The predicted octanol–water partition coefficient (Wildman–Crippen LogP) is 3.42. The van der Waals surface area contributed by atoms with Crippen molar-refractivity contribution in [1.82, 2.24) is 0 Å². The Kier molecular flexibility index (Phi) is 3.74. The van der Waals surface area contributed by atoms with E-state index in [2.05, 4.69) is 15.9 Å². The second-order valence-corrected chi connectivity index (χ2v) is 5.58. The molecule has 2 aromatic carbocycles. The van der Waals surface area contributed by atoms with Crippen LogP contribution in [0, 0.1) is 0 Å². The van der Waals surface area contributed by atoms with E-state index in [4.69, 9.17) is 4.74 Å². The summed E-state index contributed by atoms with van der Waals surface area (Å²) in [4.78, 5) is 14.3. The molecule has 0 bridgehead atoms. The van der Waals surface area contributed by atoms with Gasteiger partial charge in [-0.1, -0.05) is 46.3 Å². The van der Waals surface area contributed by atoms with Gasteiger partial charge in [-0.2, -0.15) is 0 Å². The van der Waals surface area contributed by atoms with Crippen LogP contribution in [0.4, 0.5) is 5.69 Å². The monoisotopic (exact) mass is 331 g/mol. The lowest BCUT2D eigenvalue weighted by atomic mass is 10.1. The average molecular weight is 332 g/mol. The first-order valence-corrected chi connectivity index (χ1v) is 7.30. The Morgan fingerprint density at radius 2 is 2.00 bits per heavy atom. The number of hydrogen-bond acceptors (Lipinski definition) is 2. The summed E-state index contributed by atoms with van der Waals surface area (Å²) in [6.07, 6.45) is 0.410. The van der Waals surface area contributed by atoms with Crippen molar-refractivity contribution >= 4 is 27.5 Å². The van der Waals surface area contributed by atoms with E-state index in [-0.39, 0.29) is 5.91 Å². The molecule has 0 fully saturated rings. The topological polar surface area (TPSA) is 29.5 Å². The molecule has 1 aliphatic heterocycles. The van der Waals surface area contributed by atoms with Crippen LogP contribution in [0.1, 0.15) is 5.56 Å². The predicted molar refractivity (Wildman–Crippen MR) is 82.1 cm³/mol. The minimum Gasteiger partial charge on any atom is -0.490 e. The lowest BCUT2D eigenvalue weighted by Crippen LogP contribution is -2.38. The maximum atomic E-state index is 12.5. The fourth-order valence-electron chi connectivity index (χ4n) is 2.32. The number of carbonyl (C=O) groups is 1. The second kappa shape index (κ2) is 5.67. The number of nitrogens with zero attached hydrogens (tertiary/aromatic N) is 1. The molecule has 0 aromatic heterocycles. The summed E-state index contributed by atoms with van der Waals surface area (Å²) >= 11 is 3.44. The third kappa shape index (κ3) is 2.70. The van der Waals surface area contributed by atoms with Gasteiger partial charge in [0.1, 0.15) is 12.4 Å². The standard InChI is InChI=1S/C16H14BrNO2/c17-13-6-7-15-14(11-13)18(8-9-20-15)16(19)10-12-4-2-1-3-5-12/h1-7,11H,8-10H2. The van der Waals surface area contributed by atoms with Gasteiger partial charge in [-0.05, 0) is 23.8 Å². The number of benzene rings is 2. The fourth-order valence-corrected chi connectivity index (χ4v) is 2.66. The van der Waals surface area contributed by atoms with Crippen molar-refractivity contribution in [2.24, 2.45) is 0 Å². The number of anilines is 1. The van der Waals surface area contributed by atoms with E-state index in [9.17, 15) is 4.79 Å². The summed E-state index contributed by atoms with van der Waals surface area (Å²) in [5.74, 6) is 0.861. The molecule has 4 heteroatoms. The number of halogens is 1. The third-order valence-corrected chi connectivity index (χ3v) is 3.78. The van der Waals surface area contributed by atoms with Gasteiger partial charge in [0.05, 0.1) is 18.7 Å². The molecule has 20 heavy (non-hydrogen) atoms. The minimum absolute atomic E-state index is 0.0962. The maximum absolute atomic E-state index is 12.5. The summed E-state index contributed by atoms with van der Waals surface area (Å²) in [6, 6.07) is 15.5. The van der Waals surface area contributed by atoms with Crippen molar-refractivity contribution in [3.63, 3.8) is 0 Å². The quantitative estimate of drug-likeness (QED) is 0.843. The number of rotatable bonds is 2. The van der Waals surface area contributed by atoms with E-state index < -0.39 is 0 Å². The lowest BCUT2D eigenvalue weighted by Gasteiger charge is -2.29. The Balaban J connectivity index is 1.85. The van der Waals surface area contributed by atoms with E-state index in [1.807, 2.05) is 48.5 Å². The van der Waals surface area contributed by atoms with Crippen LogP contribution in [0.15, 0.2) is 53.0 Å². The van der Waals surface area contributed by atoms with Crippen LogP contribution >= 0.6 is 15.9 Å². The fraction of sp³-hybridized carbons (Fsp3) is 0.188. The molecule has 0 aliphatic carbocycles. The van der Waals surface area contributed by atoms with Gasteiger partial charge in [-0.25, -0.2) is 0 Å². The van der Waals surface area contributed by atoms with Gasteiger partial charge in [-0.3, -0.25) is 4.79 Å². The van der Waals surface area contributed by atoms with E-state index in [1.54, 1.807) is 4.90 Å². The SMILES string of the molecule is O=C(Cc1ccccc1)N1CCOc2ccc(Br)cc21. The summed E-state index contributed by atoms with van der Waals surface area (Å²) in [6.45, 7) is 1.13. The van der Waals surface area contributed by atoms with Crippen molar-refractivity contribution in [2.45, 2.75) is 6.42 Å². The summed E-state index contributed by atoms with van der Waals surface area (Å²) < 4.78 is 6.54. The van der Waals surface area contributed by atoms with Gasteiger partial charge >= 0.3 is 0 Å². The Morgan fingerprint density at radius 3 is 2.80 bits per heavy atom.